The van der Waals surface area contributed by atoms with Crippen LogP contribution in [0.1, 0.15) is 27.9 Å². The minimum atomic E-state index is -0.892. The Labute approximate surface area is 129 Å². The summed E-state index contributed by atoms with van der Waals surface area (Å²) < 4.78 is 11.3. The number of hydrogen-bond donors (Lipinski definition) is 2. The first-order valence-corrected chi connectivity index (χ1v) is 8.91. The van der Waals surface area contributed by atoms with Crippen LogP contribution in [0.15, 0.2) is 0 Å². The summed E-state index contributed by atoms with van der Waals surface area (Å²) in [4.78, 5) is 13.3. The number of anilines is 1. The van der Waals surface area contributed by atoms with Gasteiger partial charge in [0.05, 0.1) is 11.4 Å². The number of nitrogen functional groups attached to an aromatic ring is 1. The van der Waals surface area contributed by atoms with Crippen molar-refractivity contribution >= 4 is 43.9 Å². The van der Waals surface area contributed by atoms with Gasteiger partial charge in [-0.3, -0.25) is 9.00 Å². The SMILES string of the molecule is CCS(=O)CCNC(=O)c1sc2nnc(C)c(C)c2c1N. The first-order valence-electron chi connectivity index (χ1n) is 6.60. The fourth-order valence-electron chi connectivity index (χ4n) is 1.91. The molecule has 0 aliphatic heterocycles. The third-order valence-electron chi connectivity index (χ3n) is 3.28. The zero-order valence-electron chi connectivity index (χ0n) is 12.2. The number of carbonyl (C=O) groups is 1. The number of carbonyl (C=O) groups excluding carboxylic acids is 1. The molecule has 0 aromatic carbocycles. The summed E-state index contributed by atoms with van der Waals surface area (Å²) in [6.45, 7) is 6.00. The Balaban J connectivity index is 2.22. The van der Waals surface area contributed by atoms with Gasteiger partial charge < -0.3 is 11.1 Å². The van der Waals surface area contributed by atoms with Crippen molar-refractivity contribution in [3.05, 3.63) is 16.1 Å². The average molecular weight is 326 g/mol. The van der Waals surface area contributed by atoms with E-state index in [1.165, 1.54) is 11.3 Å². The van der Waals surface area contributed by atoms with E-state index in [0.717, 1.165) is 16.6 Å². The van der Waals surface area contributed by atoms with Gasteiger partial charge in [0, 0.05) is 34.2 Å². The quantitative estimate of drug-likeness (QED) is 0.865. The van der Waals surface area contributed by atoms with E-state index in [-0.39, 0.29) is 5.91 Å². The average Bonchev–Trinajstić information content (AvgIpc) is 2.80. The molecule has 0 spiro atoms. The van der Waals surface area contributed by atoms with Gasteiger partial charge in [-0.1, -0.05) is 6.92 Å². The zero-order chi connectivity index (χ0) is 15.6. The van der Waals surface area contributed by atoms with E-state index in [9.17, 15) is 9.00 Å². The Kier molecular flexibility index (Phi) is 4.89. The lowest BCUT2D eigenvalue weighted by Crippen LogP contribution is -2.27. The highest BCUT2D eigenvalue weighted by Gasteiger charge is 2.19. The van der Waals surface area contributed by atoms with Crippen LogP contribution in [0.5, 0.6) is 0 Å². The maximum Gasteiger partial charge on any atom is 0.263 e. The smallest absolute Gasteiger partial charge is 0.263 e. The van der Waals surface area contributed by atoms with Crippen LogP contribution in [-0.4, -0.2) is 38.4 Å². The molecule has 1 unspecified atom stereocenters. The molecule has 2 heterocycles. The Hall–Kier alpha value is -1.54. The number of fused-ring (bicyclic) bond motifs is 1. The van der Waals surface area contributed by atoms with Gasteiger partial charge in [-0.25, -0.2) is 0 Å². The minimum Gasteiger partial charge on any atom is -0.397 e. The molecule has 8 heteroatoms. The van der Waals surface area contributed by atoms with Crippen LogP contribution in [-0.2, 0) is 10.8 Å². The number of aryl methyl sites for hydroxylation is 2. The van der Waals surface area contributed by atoms with Crippen molar-refractivity contribution < 1.29 is 9.00 Å². The van der Waals surface area contributed by atoms with E-state index in [2.05, 4.69) is 15.5 Å². The standard InChI is InChI=1S/C13H18N4O2S2/c1-4-21(19)6-5-15-12(18)11-10(14)9-7(2)8(3)16-17-13(9)20-11/h4-6,14H2,1-3H3,(H,15,18). The van der Waals surface area contributed by atoms with Crippen molar-refractivity contribution in [2.45, 2.75) is 20.8 Å². The van der Waals surface area contributed by atoms with Crippen LogP contribution in [0.2, 0.25) is 0 Å². The molecule has 3 N–H and O–H groups in total. The summed E-state index contributed by atoms with van der Waals surface area (Å²) in [5, 5.41) is 11.7. The topological polar surface area (TPSA) is 98.0 Å². The number of amides is 1. The highest BCUT2D eigenvalue weighted by molar-refractivity contribution is 7.84. The predicted molar refractivity (Wildman–Crippen MR) is 87.2 cm³/mol. The van der Waals surface area contributed by atoms with Crippen LogP contribution < -0.4 is 11.1 Å². The van der Waals surface area contributed by atoms with Crippen LogP contribution in [0, 0.1) is 13.8 Å². The third kappa shape index (κ3) is 3.21. The van der Waals surface area contributed by atoms with E-state index < -0.39 is 10.8 Å². The monoisotopic (exact) mass is 326 g/mol. The molecule has 2 aromatic rings. The molecule has 0 saturated heterocycles. The lowest BCUT2D eigenvalue weighted by Gasteiger charge is -2.04. The van der Waals surface area contributed by atoms with Crippen LogP contribution in [0.25, 0.3) is 10.2 Å². The maximum absolute atomic E-state index is 12.2. The summed E-state index contributed by atoms with van der Waals surface area (Å²) in [5.41, 5.74) is 8.28. The van der Waals surface area contributed by atoms with Crippen LogP contribution in [0.4, 0.5) is 5.69 Å². The van der Waals surface area contributed by atoms with Gasteiger partial charge in [-0.05, 0) is 19.4 Å². The van der Waals surface area contributed by atoms with Crippen molar-refractivity contribution in [3.63, 3.8) is 0 Å². The number of nitrogens with one attached hydrogen (secondary N) is 1. The Morgan fingerprint density at radius 1 is 1.38 bits per heavy atom. The number of hydrogen-bond acceptors (Lipinski definition) is 6. The van der Waals surface area contributed by atoms with Crippen molar-refractivity contribution in [2.24, 2.45) is 0 Å². The molecule has 6 nitrogen and oxygen atoms in total. The molecule has 114 valence electrons. The van der Waals surface area contributed by atoms with Crippen molar-refractivity contribution in [1.29, 1.82) is 0 Å². The molecule has 1 amide bonds. The molecule has 0 radical (unpaired) electrons. The second-order valence-electron chi connectivity index (χ2n) is 4.62. The third-order valence-corrected chi connectivity index (χ3v) is 5.67. The summed E-state index contributed by atoms with van der Waals surface area (Å²) in [5.74, 6) is 0.792. The molecule has 0 saturated carbocycles. The van der Waals surface area contributed by atoms with Gasteiger partial charge in [-0.2, -0.15) is 5.10 Å². The molecule has 0 aliphatic carbocycles. The van der Waals surface area contributed by atoms with Crippen molar-refractivity contribution in [3.8, 4) is 0 Å². The maximum atomic E-state index is 12.2. The molecule has 0 fully saturated rings. The first-order chi connectivity index (χ1) is 9.95. The van der Waals surface area contributed by atoms with E-state index >= 15 is 0 Å². The summed E-state index contributed by atoms with van der Waals surface area (Å²) >= 11 is 1.23. The normalized spacial score (nSPS) is 12.5. The lowest BCUT2D eigenvalue weighted by atomic mass is 10.1. The summed E-state index contributed by atoms with van der Waals surface area (Å²) in [7, 11) is -0.892. The molecule has 2 rings (SSSR count). The number of nitrogens with zero attached hydrogens (tertiary/aromatic N) is 2. The Morgan fingerprint density at radius 2 is 2.10 bits per heavy atom. The molecular formula is C13H18N4O2S2. The van der Waals surface area contributed by atoms with E-state index in [0.29, 0.717) is 33.4 Å². The fraction of sp³-hybridized carbons (Fsp3) is 0.462. The molecule has 1 atom stereocenters. The Bertz CT molecular complexity index is 712. The second kappa shape index (κ2) is 6.48. The van der Waals surface area contributed by atoms with Crippen LogP contribution >= 0.6 is 11.3 Å². The number of nitrogens with two attached hydrogens (primary N) is 1. The van der Waals surface area contributed by atoms with Gasteiger partial charge in [0.15, 0.2) is 0 Å². The van der Waals surface area contributed by atoms with E-state index in [1.54, 1.807) is 0 Å². The molecular weight excluding hydrogens is 308 g/mol. The van der Waals surface area contributed by atoms with Gasteiger partial charge in [-0.15, -0.1) is 16.4 Å². The van der Waals surface area contributed by atoms with E-state index in [1.807, 2.05) is 20.8 Å². The first kappa shape index (κ1) is 15.8. The van der Waals surface area contributed by atoms with Crippen LogP contribution in [0.3, 0.4) is 0 Å². The Morgan fingerprint density at radius 3 is 2.76 bits per heavy atom. The number of aromatic nitrogens is 2. The zero-order valence-corrected chi connectivity index (χ0v) is 13.9. The van der Waals surface area contributed by atoms with Gasteiger partial charge in [0.1, 0.15) is 9.71 Å². The predicted octanol–water partition coefficient (Wildman–Crippen LogP) is 1.39. The molecule has 0 bridgehead atoms. The highest BCUT2D eigenvalue weighted by Crippen LogP contribution is 2.34. The number of rotatable bonds is 5. The summed E-state index contributed by atoms with van der Waals surface area (Å²) in [6, 6.07) is 0. The summed E-state index contributed by atoms with van der Waals surface area (Å²) in [6.07, 6.45) is 0. The lowest BCUT2D eigenvalue weighted by molar-refractivity contribution is 0.0961. The fourth-order valence-corrected chi connectivity index (χ4v) is 3.55. The largest absolute Gasteiger partial charge is 0.397 e. The van der Waals surface area contributed by atoms with Gasteiger partial charge in [0.25, 0.3) is 5.91 Å². The van der Waals surface area contributed by atoms with Gasteiger partial charge >= 0.3 is 0 Å². The van der Waals surface area contributed by atoms with E-state index in [4.69, 9.17) is 5.73 Å². The van der Waals surface area contributed by atoms with Crippen molar-refractivity contribution in [1.82, 2.24) is 15.5 Å². The van der Waals surface area contributed by atoms with Gasteiger partial charge in [0.2, 0.25) is 0 Å². The van der Waals surface area contributed by atoms with Crippen molar-refractivity contribution in [2.75, 3.05) is 23.8 Å². The molecule has 0 aliphatic rings. The number of thiophene rings is 1. The minimum absolute atomic E-state index is 0.249. The molecule has 2 aromatic heterocycles. The second-order valence-corrected chi connectivity index (χ2v) is 7.49. The highest BCUT2D eigenvalue weighted by atomic mass is 32.2. The molecule has 21 heavy (non-hydrogen) atoms.